The first-order valence-electron chi connectivity index (χ1n) is 5.69. The molecular weight excluding hydrogens is 176 g/mol. The summed E-state index contributed by atoms with van der Waals surface area (Å²) in [5.41, 5.74) is 5.78. The van der Waals surface area contributed by atoms with E-state index in [0.717, 1.165) is 32.1 Å². The molecular formula is C11H22N2O. The van der Waals surface area contributed by atoms with Gasteiger partial charge >= 0.3 is 0 Å². The number of nitrogens with one attached hydrogen (secondary N) is 1. The van der Waals surface area contributed by atoms with Gasteiger partial charge in [0.1, 0.15) is 0 Å². The van der Waals surface area contributed by atoms with E-state index in [2.05, 4.69) is 12.2 Å². The standard InChI is InChI=1S/C11H22N2O/c1-3-4-8(2)11(14)13-10-6-5-9(12)7-10/h8-10H,3-7,12H2,1-2H3,(H,13,14). The zero-order valence-corrected chi connectivity index (χ0v) is 9.25. The topological polar surface area (TPSA) is 55.1 Å². The number of carbonyl (C=O) groups is 1. The number of hydrogen-bond acceptors (Lipinski definition) is 2. The Morgan fingerprint density at radius 2 is 2.29 bits per heavy atom. The summed E-state index contributed by atoms with van der Waals surface area (Å²) < 4.78 is 0. The zero-order chi connectivity index (χ0) is 10.6. The average Bonchev–Trinajstić information content (AvgIpc) is 2.51. The van der Waals surface area contributed by atoms with E-state index in [0.29, 0.717) is 12.1 Å². The van der Waals surface area contributed by atoms with Crippen molar-refractivity contribution in [2.24, 2.45) is 11.7 Å². The van der Waals surface area contributed by atoms with Crippen molar-refractivity contribution in [3.8, 4) is 0 Å². The Balaban J connectivity index is 2.26. The number of hydrogen-bond donors (Lipinski definition) is 2. The van der Waals surface area contributed by atoms with Gasteiger partial charge in [-0.2, -0.15) is 0 Å². The molecule has 1 rings (SSSR count). The molecule has 0 radical (unpaired) electrons. The molecule has 3 heteroatoms. The van der Waals surface area contributed by atoms with Crippen LogP contribution in [-0.4, -0.2) is 18.0 Å². The summed E-state index contributed by atoms with van der Waals surface area (Å²) in [6.45, 7) is 4.10. The lowest BCUT2D eigenvalue weighted by Crippen LogP contribution is -2.37. The van der Waals surface area contributed by atoms with E-state index in [1.54, 1.807) is 0 Å². The molecule has 1 saturated carbocycles. The molecule has 0 saturated heterocycles. The second kappa shape index (κ2) is 5.35. The molecule has 3 nitrogen and oxygen atoms in total. The summed E-state index contributed by atoms with van der Waals surface area (Å²) in [7, 11) is 0. The minimum Gasteiger partial charge on any atom is -0.353 e. The second-order valence-corrected chi connectivity index (χ2v) is 4.47. The van der Waals surface area contributed by atoms with Crippen LogP contribution in [0, 0.1) is 5.92 Å². The van der Waals surface area contributed by atoms with Crippen molar-refractivity contribution in [3.63, 3.8) is 0 Å². The number of rotatable bonds is 4. The first-order valence-corrected chi connectivity index (χ1v) is 5.69. The summed E-state index contributed by atoms with van der Waals surface area (Å²) in [6.07, 6.45) is 5.09. The maximum atomic E-state index is 11.6. The Labute approximate surface area is 86.4 Å². The van der Waals surface area contributed by atoms with Crippen LogP contribution < -0.4 is 11.1 Å². The van der Waals surface area contributed by atoms with Gasteiger partial charge in [0.15, 0.2) is 0 Å². The quantitative estimate of drug-likeness (QED) is 0.717. The number of nitrogens with two attached hydrogens (primary N) is 1. The van der Waals surface area contributed by atoms with Gasteiger partial charge in [-0.15, -0.1) is 0 Å². The van der Waals surface area contributed by atoms with Crippen molar-refractivity contribution in [2.45, 2.75) is 58.0 Å². The van der Waals surface area contributed by atoms with E-state index in [9.17, 15) is 4.79 Å². The molecule has 0 aromatic heterocycles. The monoisotopic (exact) mass is 198 g/mol. The zero-order valence-electron chi connectivity index (χ0n) is 9.25. The van der Waals surface area contributed by atoms with Gasteiger partial charge in [0.25, 0.3) is 0 Å². The summed E-state index contributed by atoms with van der Waals surface area (Å²) >= 11 is 0. The van der Waals surface area contributed by atoms with Crippen LogP contribution in [0.2, 0.25) is 0 Å². The van der Waals surface area contributed by atoms with Crippen molar-refractivity contribution < 1.29 is 4.79 Å². The smallest absolute Gasteiger partial charge is 0.223 e. The average molecular weight is 198 g/mol. The predicted octanol–water partition coefficient (Wildman–Crippen LogP) is 1.42. The maximum absolute atomic E-state index is 11.6. The summed E-state index contributed by atoms with van der Waals surface area (Å²) in [5, 5.41) is 3.07. The molecule has 0 aromatic carbocycles. The van der Waals surface area contributed by atoms with E-state index >= 15 is 0 Å². The lowest BCUT2D eigenvalue weighted by atomic mass is 10.0. The van der Waals surface area contributed by atoms with Gasteiger partial charge in [0, 0.05) is 18.0 Å². The third kappa shape index (κ3) is 3.29. The van der Waals surface area contributed by atoms with E-state index in [1.165, 1.54) is 0 Å². The van der Waals surface area contributed by atoms with Crippen LogP contribution in [0.15, 0.2) is 0 Å². The Morgan fingerprint density at radius 3 is 2.79 bits per heavy atom. The molecule has 0 heterocycles. The minimum atomic E-state index is 0.150. The third-order valence-corrected chi connectivity index (χ3v) is 2.99. The van der Waals surface area contributed by atoms with Crippen LogP contribution >= 0.6 is 0 Å². The molecule has 3 N–H and O–H groups in total. The van der Waals surface area contributed by atoms with Gasteiger partial charge in [-0.25, -0.2) is 0 Å². The molecule has 0 bridgehead atoms. The van der Waals surface area contributed by atoms with E-state index in [-0.39, 0.29) is 11.8 Å². The van der Waals surface area contributed by atoms with Crippen LogP contribution in [-0.2, 0) is 4.79 Å². The van der Waals surface area contributed by atoms with E-state index in [1.807, 2.05) is 6.92 Å². The van der Waals surface area contributed by atoms with Crippen LogP contribution in [0.25, 0.3) is 0 Å². The van der Waals surface area contributed by atoms with Crippen molar-refractivity contribution in [1.29, 1.82) is 0 Å². The number of amides is 1. The minimum absolute atomic E-state index is 0.150. The molecule has 1 fully saturated rings. The van der Waals surface area contributed by atoms with Crippen molar-refractivity contribution >= 4 is 5.91 Å². The molecule has 0 aliphatic heterocycles. The maximum Gasteiger partial charge on any atom is 0.223 e. The molecule has 0 spiro atoms. The Morgan fingerprint density at radius 1 is 1.57 bits per heavy atom. The van der Waals surface area contributed by atoms with Gasteiger partial charge in [-0.05, 0) is 25.7 Å². The van der Waals surface area contributed by atoms with E-state index < -0.39 is 0 Å². The van der Waals surface area contributed by atoms with Crippen LogP contribution in [0.5, 0.6) is 0 Å². The highest BCUT2D eigenvalue weighted by atomic mass is 16.1. The van der Waals surface area contributed by atoms with Gasteiger partial charge in [0.05, 0.1) is 0 Å². The van der Waals surface area contributed by atoms with Gasteiger partial charge in [0.2, 0.25) is 5.91 Å². The van der Waals surface area contributed by atoms with Crippen LogP contribution in [0.4, 0.5) is 0 Å². The molecule has 0 aromatic rings. The summed E-state index contributed by atoms with van der Waals surface area (Å²) in [4.78, 5) is 11.6. The van der Waals surface area contributed by atoms with Crippen LogP contribution in [0.1, 0.15) is 46.0 Å². The highest BCUT2D eigenvalue weighted by molar-refractivity contribution is 5.78. The molecule has 14 heavy (non-hydrogen) atoms. The molecule has 1 amide bonds. The number of carbonyl (C=O) groups excluding carboxylic acids is 1. The van der Waals surface area contributed by atoms with Crippen LogP contribution in [0.3, 0.4) is 0 Å². The molecule has 3 atom stereocenters. The molecule has 1 aliphatic rings. The predicted molar refractivity (Wildman–Crippen MR) is 57.8 cm³/mol. The highest BCUT2D eigenvalue weighted by Gasteiger charge is 2.24. The SMILES string of the molecule is CCCC(C)C(=O)NC1CCC(N)C1. The highest BCUT2D eigenvalue weighted by Crippen LogP contribution is 2.18. The third-order valence-electron chi connectivity index (χ3n) is 2.99. The molecule has 82 valence electrons. The van der Waals surface area contributed by atoms with Gasteiger partial charge < -0.3 is 11.1 Å². The fraction of sp³-hybridized carbons (Fsp3) is 0.909. The normalized spacial score (nSPS) is 28.8. The Hall–Kier alpha value is -0.570. The fourth-order valence-corrected chi connectivity index (χ4v) is 2.06. The first-order chi connectivity index (χ1) is 6.63. The Kier molecular flexibility index (Phi) is 4.39. The second-order valence-electron chi connectivity index (χ2n) is 4.47. The summed E-state index contributed by atoms with van der Waals surface area (Å²) in [5.74, 6) is 0.350. The van der Waals surface area contributed by atoms with Crippen molar-refractivity contribution in [2.75, 3.05) is 0 Å². The van der Waals surface area contributed by atoms with Gasteiger partial charge in [-0.3, -0.25) is 4.79 Å². The Bertz CT molecular complexity index is 194. The van der Waals surface area contributed by atoms with E-state index in [4.69, 9.17) is 5.73 Å². The lowest BCUT2D eigenvalue weighted by Gasteiger charge is -2.16. The largest absolute Gasteiger partial charge is 0.353 e. The first kappa shape index (κ1) is 11.5. The van der Waals surface area contributed by atoms with Crippen molar-refractivity contribution in [1.82, 2.24) is 5.32 Å². The lowest BCUT2D eigenvalue weighted by molar-refractivity contribution is -0.125. The molecule has 3 unspecified atom stereocenters. The molecule has 1 aliphatic carbocycles. The summed E-state index contributed by atoms with van der Waals surface area (Å²) in [6, 6.07) is 0.624. The fourth-order valence-electron chi connectivity index (χ4n) is 2.06. The van der Waals surface area contributed by atoms with Gasteiger partial charge in [-0.1, -0.05) is 20.3 Å². The van der Waals surface area contributed by atoms with Crippen molar-refractivity contribution in [3.05, 3.63) is 0 Å².